The Kier molecular flexibility index (Phi) is 6.94. The zero-order valence-electron chi connectivity index (χ0n) is 20.2. The van der Waals surface area contributed by atoms with Crippen LogP contribution in [-0.2, 0) is 29.1 Å². The molecule has 0 radical (unpaired) electrons. The van der Waals surface area contributed by atoms with Crippen LogP contribution in [0.5, 0.6) is 5.75 Å². The molecule has 7 heteroatoms. The van der Waals surface area contributed by atoms with Gasteiger partial charge >= 0.3 is 5.97 Å². The van der Waals surface area contributed by atoms with Gasteiger partial charge in [0.25, 0.3) is 0 Å². The van der Waals surface area contributed by atoms with Crippen molar-refractivity contribution in [2.24, 2.45) is 11.1 Å². The first-order valence-electron chi connectivity index (χ1n) is 12.3. The second kappa shape index (κ2) is 10.3. The maximum Gasteiger partial charge on any atom is 0.307 e. The third-order valence-electron chi connectivity index (χ3n) is 7.30. The predicted octanol–water partition coefficient (Wildman–Crippen LogP) is 4.77. The van der Waals surface area contributed by atoms with E-state index >= 15 is 4.39 Å². The molecule has 6 nitrogen and oxygen atoms in total. The van der Waals surface area contributed by atoms with Gasteiger partial charge in [-0.2, -0.15) is 0 Å². The number of aliphatic carboxylic acids is 1. The van der Waals surface area contributed by atoms with E-state index in [4.69, 9.17) is 15.2 Å². The van der Waals surface area contributed by atoms with E-state index in [0.717, 1.165) is 56.0 Å². The molecule has 0 atom stereocenters. The number of ether oxygens (including phenoxy) is 2. The van der Waals surface area contributed by atoms with E-state index in [2.05, 4.69) is 11.0 Å². The van der Waals surface area contributed by atoms with Gasteiger partial charge in [0.15, 0.2) is 0 Å². The van der Waals surface area contributed by atoms with Crippen LogP contribution in [0.4, 0.5) is 10.1 Å². The van der Waals surface area contributed by atoms with Crippen molar-refractivity contribution in [1.82, 2.24) is 0 Å². The largest absolute Gasteiger partial charge is 0.489 e. The normalized spacial score (nSPS) is 16.6. The van der Waals surface area contributed by atoms with E-state index in [-0.39, 0.29) is 25.4 Å². The molecule has 3 aromatic carbocycles. The first-order chi connectivity index (χ1) is 17.5. The second-order valence-corrected chi connectivity index (χ2v) is 9.82. The average Bonchev–Trinajstić information content (AvgIpc) is 2.87. The highest BCUT2D eigenvalue weighted by molar-refractivity contribution is 5.72. The molecule has 0 aromatic heterocycles. The fraction of sp³-hybridized carbons (Fsp3) is 0.345. The van der Waals surface area contributed by atoms with Crippen LogP contribution in [0.3, 0.4) is 0 Å². The van der Waals surface area contributed by atoms with Gasteiger partial charge in [0.05, 0.1) is 19.6 Å². The molecule has 188 valence electrons. The highest BCUT2D eigenvalue weighted by Gasteiger charge is 2.41. The Hall–Kier alpha value is -3.42. The maximum atomic E-state index is 15.3. The van der Waals surface area contributed by atoms with Gasteiger partial charge in [-0.25, -0.2) is 4.39 Å². The minimum absolute atomic E-state index is 0.113. The molecular weight excluding hydrogens is 459 g/mol. The Morgan fingerprint density at radius 1 is 1.06 bits per heavy atom. The van der Waals surface area contributed by atoms with Crippen LogP contribution in [0, 0.1) is 11.2 Å². The Balaban J connectivity index is 1.45. The summed E-state index contributed by atoms with van der Waals surface area (Å²) in [4.78, 5) is 13.6. The van der Waals surface area contributed by atoms with Gasteiger partial charge < -0.3 is 25.2 Å². The molecular formula is C29H31FN2O4. The lowest BCUT2D eigenvalue weighted by molar-refractivity contribution is -0.136. The maximum absolute atomic E-state index is 15.3. The quantitative estimate of drug-likeness (QED) is 0.473. The minimum Gasteiger partial charge on any atom is -0.489 e. The summed E-state index contributed by atoms with van der Waals surface area (Å²) in [6.07, 6.45) is 2.03. The van der Waals surface area contributed by atoms with Gasteiger partial charge in [0.1, 0.15) is 18.2 Å². The molecule has 0 bridgehead atoms. The number of piperidine rings is 1. The first-order valence-corrected chi connectivity index (χ1v) is 12.3. The van der Waals surface area contributed by atoms with Crippen molar-refractivity contribution in [2.75, 3.05) is 31.2 Å². The highest BCUT2D eigenvalue weighted by Crippen LogP contribution is 2.40. The number of halogens is 1. The summed E-state index contributed by atoms with van der Waals surface area (Å²) in [5, 5.41) is 9.23. The Morgan fingerprint density at radius 2 is 1.81 bits per heavy atom. The van der Waals surface area contributed by atoms with Gasteiger partial charge in [0, 0.05) is 47.4 Å². The van der Waals surface area contributed by atoms with Crippen LogP contribution in [0.1, 0.15) is 29.5 Å². The van der Waals surface area contributed by atoms with Gasteiger partial charge in [-0.3, -0.25) is 4.79 Å². The SMILES string of the molecule is NCc1cccc(-c2cc(COc3ccccc3CC(=O)O)cc(N3CCC4(CC3)COC4)c2)c1F. The van der Waals surface area contributed by atoms with Crippen molar-refractivity contribution in [3.63, 3.8) is 0 Å². The molecule has 0 saturated carbocycles. The molecule has 2 fully saturated rings. The monoisotopic (exact) mass is 490 g/mol. The molecule has 2 heterocycles. The van der Waals surface area contributed by atoms with E-state index in [0.29, 0.717) is 27.9 Å². The number of para-hydroxylation sites is 1. The fourth-order valence-corrected chi connectivity index (χ4v) is 5.09. The number of hydrogen-bond acceptors (Lipinski definition) is 5. The highest BCUT2D eigenvalue weighted by atomic mass is 19.1. The standard InChI is InChI=1S/C29H31FN2O4/c30-28-22(16-31)5-3-6-25(28)23-12-20(17-36-26-7-2-1-4-21(26)15-27(33)34)13-24(14-23)32-10-8-29(9-11-32)18-35-19-29/h1-7,12-14H,8-11,15-19,31H2,(H,33,34). The number of carboxylic acid groups (broad SMARTS) is 1. The van der Waals surface area contributed by atoms with Crippen LogP contribution >= 0.6 is 0 Å². The molecule has 0 amide bonds. The number of benzene rings is 3. The van der Waals surface area contributed by atoms with Crippen LogP contribution in [-0.4, -0.2) is 37.4 Å². The summed E-state index contributed by atoms with van der Waals surface area (Å²) in [5.74, 6) is -0.682. The molecule has 3 N–H and O–H groups in total. The molecule has 1 spiro atoms. The zero-order valence-corrected chi connectivity index (χ0v) is 20.2. The Morgan fingerprint density at radius 3 is 2.50 bits per heavy atom. The third kappa shape index (κ3) is 5.08. The summed E-state index contributed by atoms with van der Waals surface area (Å²) >= 11 is 0. The molecule has 5 rings (SSSR count). The minimum atomic E-state index is -0.912. The van der Waals surface area contributed by atoms with Crippen LogP contribution in [0.25, 0.3) is 11.1 Å². The van der Waals surface area contributed by atoms with Crippen molar-refractivity contribution in [3.05, 3.63) is 83.2 Å². The van der Waals surface area contributed by atoms with E-state index in [1.165, 1.54) is 0 Å². The zero-order chi connectivity index (χ0) is 25.1. The Labute approximate surface area is 210 Å². The van der Waals surface area contributed by atoms with Crippen molar-refractivity contribution >= 4 is 11.7 Å². The summed E-state index contributed by atoms with van der Waals surface area (Å²) in [6.45, 7) is 3.88. The van der Waals surface area contributed by atoms with E-state index in [1.54, 1.807) is 30.3 Å². The number of carboxylic acids is 1. The smallest absolute Gasteiger partial charge is 0.307 e. The molecule has 2 aliphatic rings. The van der Waals surface area contributed by atoms with Gasteiger partial charge in [0.2, 0.25) is 0 Å². The van der Waals surface area contributed by atoms with Crippen molar-refractivity contribution in [3.8, 4) is 16.9 Å². The predicted molar refractivity (Wildman–Crippen MR) is 137 cm³/mol. The van der Waals surface area contributed by atoms with Gasteiger partial charge in [-0.1, -0.05) is 36.4 Å². The molecule has 36 heavy (non-hydrogen) atoms. The summed E-state index contributed by atoms with van der Waals surface area (Å²) < 4.78 is 26.8. The van der Waals surface area contributed by atoms with E-state index in [9.17, 15) is 9.90 Å². The van der Waals surface area contributed by atoms with E-state index < -0.39 is 5.97 Å². The topological polar surface area (TPSA) is 85.0 Å². The number of hydrogen-bond donors (Lipinski definition) is 2. The lowest BCUT2D eigenvalue weighted by Gasteiger charge is -2.48. The van der Waals surface area contributed by atoms with Crippen LogP contribution in [0.2, 0.25) is 0 Å². The number of nitrogens with zero attached hydrogens (tertiary/aromatic N) is 1. The first kappa shape index (κ1) is 24.3. The van der Waals surface area contributed by atoms with Crippen LogP contribution in [0.15, 0.2) is 60.7 Å². The molecule has 2 aliphatic heterocycles. The molecule has 0 aliphatic carbocycles. The molecule has 3 aromatic rings. The lowest BCUT2D eigenvalue weighted by atomic mass is 9.76. The molecule has 0 unspecified atom stereocenters. The summed E-state index contributed by atoms with van der Waals surface area (Å²) in [6, 6.07) is 18.5. The second-order valence-electron chi connectivity index (χ2n) is 9.82. The van der Waals surface area contributed by atoms with Gasteiger partial charge in [-0.05, 0) is 48.2 Å². The third-order valence-corrected chi connectivity index (χ3v) is 7.30. The van der Waals surface area contributed by atoms with Gasteiger partial charge in [-0.15, -0.1) is 0 Å². The number of anilines is 1. The van der Waals surface area contributed by atoms with Crippen molar-refractivity contribution < 1.29 is 23.8 Å². The lowest BCUT2D eigenvalue weighted by Crippen LogP contribution is -2.50. The fourth-order valence-electron chi connectivity index (χ4n) is 5.09. The Bertz CT molecular complexity index is 1250. The average molecular weight is 491 g/mol. The number of nitrogens with two attached hydrogens (primary N) is 1. The number of rotatable bonds is 8. The summed E-state index contributed by atoms with van der Waals surface area (Å²) in [7, 11) is 0. The van der Waals surface area contributed by atoms with Crippen molar-refractivity contribution in [1.29, 1.82) is 0 Å². The molecule has 2 saturated heterocycles. The number of carbonyl (C=O) groups is 1. The van der Waals surface area contributed by atoms with Crippen LogP contribution < -0.4 is 15.4 Å². The summed E-state index contributed by atoms with van der Waals surface area (Å²) in [5.41, 5.74) is 10.4. The van der Waals surface area contributed by atoms with E-state index in [1.807, 2.05) is 24.3 Å². The van der Waals surface area contributed by atoms with Crippen molar-refractivity contribution in [2.45, 2.75) is 32.4 Å².